The van der Waals surface area contributed by atoms with Crippen LogP contribution in [-0.4, -0.2) is 28.3 Å². The fourth-order valence-corrected chi connectivity index (χ4v) is 3.18. The number of carbonyl (C=O) groups is 2. The van der Waals surface area contributed by atoms with Crippen LogP contribution in [0.5, 0.6) is 0 Å². The van der Waals surface area contributed by atoms with E-state index < -0.39 is 28.8 Å². The Bertz CT molecular complexity index is 1140. The lowest BCUT2D eigenvalue weighted by Crippen LogP contribution is -2.18. The summed E-state index contributed by atoms with van der Waals surface area (Å²) in [4.78, 5) is 25.0. The lowest BCUT2D eigenvalue weighted by Gasteiger charge is -2.15. The molecule has 10 heteroatoms. The summed E-state index contributed by atoms with van der Waals surface area (Å²) in [5.74, 6) is -1.67. The second-order valence-corrected chi connectivity index (χ2v) is 7.05. The maximum absolute atomic E-state index is 13.6. The smallest absolute Gasteiger partial charge is 0.434 e. The van der Waals surface area contributed by atoms with Crippen molar-refractivity contribution in [2.45, 2.75) is 26.6 Å². The van der Waals surface area contributed by atoms with E-state index in [2.05, 4.69) is 5.10 Å². The Morgan fingerprint density at radius 2 is 1.75 bits per heavy atom. The molecular weight excluding hydrogens is 449 g/mol. The second-order valence-electron chi connectivity index (χ2n) is 6.67. The number of rotatable bonds is 6. The number of halogens is 4. The highest BCUT2D eigenvalue weighted by atomic mass is 35.5. The number of ether oxygens (including phenoxy) is 2. The zero-order valence-corrected chi connectivity index (χ0v) is 17.8. The van der Waals surface area contributed by atoms with Gasteiger partial charge in [-0.3, -0.25) is 0 Å². The molecule has 0 unspecified atom stereocenters. The Morgan fingerprint density at radius 3 is 2.38 bits per heavy atom. The monoisotopic (exact) mass is 466 g/mol. The van der Waals surface area contributed by atoms with Crippen molar-refractivity contribution in [2.24, 2.45) is 0 Å². The van der Waals surface area contributed by atoms with Crippen molar-refractivity contribution in [3.05, 3.63) is 81.6 Å². The van der Waals surface area contributed by atoms with Crippen LogP contribution in [0.25, 0.3) is 5.69 Å². The van der Waals surface area contributed by atoms with Gasteiger partial charge in [-0.15, -0.1) is 0 Å². The van der Waals surface area contributed by atoms with Gasteiger partial charge in [-0.05, 0) is 37.6 Å². The van der Waals surface area contributed by atoms with Crippen molar-refractivity contribution >= 4 is 23.5 Å². The molecule has 32 heavy (non-hydrogen) atoms. The summed E-state index contributed by atoms with van der Waals surface area (Å²) >= 11 is 5.83. The molecule has 0 N–H and O–H groups in total. The third-order valence-electron chi connectivity index (χ3n) is 4.42. The number of benzene rings is 2. The SMILES string of the molecule is CCOC(=O)c1cc(C(=O)OCc2ccccc2)ccc1-n1nc(C)c(Cl)c1C(F)(F)F. The maximum atomic E-state index is 13.6. The highest BCUT2D eigenvalue weighted by Crippen LogP contribution is 2.38. The quantitative estimate of drug-likeness (QED) is 0.456. The van der Waals surface area contributed by atoms with Gasteiger partial charge >= 0.3 is 18.1 Å². The van der Waals surface area contributed by atoms with Crippen molar-refractivity contribution in [3.63, 3.8) is 0 Å². The number of hydrogen-bond donors (Lipinski definition) is 0. The van der Waals surface area contributed by atoms with E-state index in [1.54, 1.807) is 31.2 Å². The largest absolute Gasteiger partial charge is 0.462 e. The van der Waals surface area contributed by atoms with E-state index in [4.69, 9.17) is 21.1 Å². The van der Waals surface area contributed by atoms with Crippen LogP contribution in [0.4, 0.5) is 13.2 Å². The minimum atomic E-state index is -4.84. The highest BCUT2D eigenvalue weighted by Gasteiger charge is 2.40. The lowest BCUT2D eigenvalue weighted by atomic mass is 10.1. The van der Waals surface area contributed by atoms with E-state index in [0.29, 0.717) is 4.68 Å². The summed E-state index contributed by atoms with van der Waals surface area (Å²) in [7, 11) is 0. The molecule has 168 valence electrons. The van der Waals surface area contributed by atoms with Crippen molar-refractivity contribution in [1.29, 1.82) is 0 Å². The molecule has 0 saturated carbocycles. The van der Waals surface area contributed by atoms with Crippen LogP contribution >= 0.6 is 11.6 Å². The summed E-state index contributed by atoms with van der Waals surface area (Å²) in [5.41, 5.74) is -1.10. The topological polar surface area (TPSA) is 70.4 Å². The van der Waals surface area contributed by atoms with Crippen molar-refractivity contribution < 1.29 is 32.2 Å². The molecule has 0 fully saturated rings. The molecular formula is C22H18ClF3N2O4. The first-order valence-corrected chi connectivity index (χ1v) is 9.86. The predicted molar refractivity (Wildman–Crippen MR) is 110 cm³/mol. The summed E-state index contributed by atoms with van der Waals surface area (Å²) in [6.07, 6.45) is -4.84. The molecule has 0 bridgehead atoms. The Morgan fingerprint density at radius 1 is 1.06 bits per heavy atom. The van der Waals surface area contributed by atoms with Gasteiger partial charge in [-0.2, -0.15) is 18.3 Å². The van der Waals surface area contributed by atoms with Crippen molar-refractivity contribution in [3.8, 4) is 5.69 Å². The van der Waals surface area contributed by atoms with Gasteiger partial charge in [0.1, 0.15) is 6.61 Å². The molecule has 1 heterocycles. The van der Waals surface area contributed by atoms with Gasteiger partial charge in [0.15, 0.2) is 5.69 Å². The Kier molecular flexibility index (Phi) is 6.88. The molecule has 6 nitrogen and oxygen atoms in total. The van der Waals surface area contributed by atoms with Crippen molar-refractivity contribution in [1.82, 2.24) is 9.78 Å². The molecule has 0 saturated heterocycles. The van der Waals surface area contributed by atoms with E-state index in [1.165, 1.54) is 19.1 Å². The first-order chi connectivity index (χ1) is 15.1. The van der Waals surface area contributed by atoms with Crippen LogP contribution in [0.2, 0.25) is 5.02 Å². The molecule has 0 aliphatic heterocycles. The first kappa shape index (κ1) is 23.3. The third-order valence-corrected chi connectivity index (χ3v) is 4.88. The normalized spacial score (nSPS) is 11.3. The standard InChI is InChI=1S/C22H18ClF3N2O4/c1-3-31-21(30)16-11-15(20(29)32-12-14-7-5-4-6-8-14)9-10-17(16)28-19(22(24,25)26)18(23)13(2)27-28/h4-11H,3,12H2,1-2H3. The number of nitrogens with zero attached hydrogens (tertiary/aromatic N) is 2. The Balaban J connectivity index is 2.03. The number of aryl methyl sites for hydroxylation is 1. The predicted octanol–water partition coefficient (Wildman–Crippen LogP) is 5.39. The highest BCUT2D eigenvalue weighted by molar-refractivity contribution is 6.32. The molecule has 0 atom stereocenters. The van der Waals surface area contributed by atoms with Crippen LogP contribution in [0.3, 0.4) is 0 Å². The van der Waals surface area contributed by atoms with Crippen LogP contribution < -0.4 is 0 Å². The van der Waals surface area contributed by atoms with E-state index in [1.807, 2.05) is 6.07 Å². The molecule has 0 radical (unpaired) electrons. The van der Waals surface area contributed by atoms with Crippen LogP contribution in [0.15, 0.2) is 48.5 Å². The van der Waals surface area contributed by atoms with E-state index in [-0.39, 0.29) is 35.7 Å². The van der Waals surface area contributed by atoms with Gasteiger partial charge < -0.3 is 9.47 Å². The fraction of sp³-hybridized carbons (Fsp3) is 0.227. The second kappa shape index (κ2) is 9.44. The van der Waals surface area contributed by atoms with Crippen LogP contribution in [0.1, 0.15) is 44.6 Å². The number of hydrogen-bond acceptors (Lipinski definition) is 5. The molecule has 0 aliphatic carbocycles. The number of alkyl halides is 3. The average molecular weight is 467 g/mol. The summed E-state index contributed by atoms with van der Waals surface area (Å²) in [5, 5.41) is 3.26. The minimum absolute atomic E-state index is 0.0116. The van der Waals surface area contributed by atoms with Gasteiger partial charge in [0.05, 0.1) is 34.1 Å². The molecule has 3 aromatic rings. The third kappa shape index (κ3) is 4.94. The molecule has 3 rings (SSSR count). The molecule has 1 aromatic heterocycles. The lowest BCUT2D eigenvalue weighted by molar-refractivity contribution is -0.142. The Hall–Kier alpha value is -3.33. The maximum Gasteiger partial charge on any atom is 0.434 e. The van der Waals surface area contributed by atoms with E-state index in [9.17, 15) is 22.8 Å². The zero-order chi connectivity index (χ0) is 23.5. The van der Waals surface area contributed by atoms with Crippen LogP contribution in [0, 0.1) is 6.92 Å². The van der Waals surface area contributed by atoms with Gasteiger partial charge in [-0.25, -0.2) is 14.3 Å². The van der Waals surface area contributed by atoms with E-state index in [0.717, 1.165) is 11.6 Å². The van der Waals surface area contributed by atoms with Crippen LogP contribution in [-0.2, 0) is 22.3 Å². The summed E-state index contributed by atoms with van der Waals surface area (Å²) < 4.78 is 51.6. The zero-order valence-electron chi connectivity index (χ0n) is 17.1. The van der Waals surface area contributed by atoms with Gasteiger partial charge in [0.2, 0.25) is 0 Å². The first-order valence-electron chi connectivity index (χ1n) is 9.48. The van der Waals surface area contributed by atoms with Crippen molar-refractivity contribution in [2.75, 3.05) is 6.61 Å². The van der Waals surface area contributed by atoms with E-state index >= 15 is 0 Å². The fourth-order valence-electron chi connectivity index (χ4n) is 2.95. The molecule has 0 amide bonds. The van der Waals surface area contributed by atoms with Gasteiger partial charge in [0, 0.05) is 0 Å². The average Bonchev–Trinajstić information content (AvgIpc) is 3.07. The Labute approximate surface area is 186 Å². The van der Waals surface area contributed by atoms with Gasteiger partial charge in [-0.1, -0.05) is 41.9 Å². The summed E-state index contributed by atoms with van der Waals surface area (Å²) in [6.45, 7) is 2.83. The number of esters is 2. The summed E-state index contributed by atoms with van der Waals surface area (Å²) in [6, 6.07) is 12.4. The molecule has 2 aromatic carbocycles. The number of aromatic nitrogens is 2. The molecule has 0 aliphatic rings. The minimum Gasteiger partial charge on any atom is -0.462 e. The molecule has 0 spiro atoms. The van der Waals surface area contributed by atoms with Gasteiger partial charge in [0.25, 0.3) is 0 Å². The number of carbonyl (C=O) groups excluding carboxylic acids is 2.